The van der Waals surface area contributed by atoms with Gasteiger partial charge in [0.15, 0.2) is 24.3 Å². The van der Waals surface area contributed by atoms with Crippen molar-refractivity contribution in [2.24, 2.45) is 0 Å². The molecule has 3 aromatic rings. The Morgan fingerprint density at radius 2 is 2.03 bits per heavy atom. The Morgan fingerprint density at radius 1 is 1.21 bits per heavy atom. The molecule has 2 heterocycles. The molecule has 0 radical (unpaired) electrons. The molecule has 1 aliphatic heterocycles. The van der Waals surface area contributed by atoms with Gasteiger partial charge in [-0.1, -0.05) is 6.07 Å². The van der Waals surface area contributed by atoms with E-state index in [1.807, 2.05) is 0 Å². The van der Waals surface area contributed by atoms with E-state index in [0.29, 0.717) is 28.6 Å². The number of nitrogens with zero attached hydrogens (tertiary/aromatic N) is 2. The number of hydrogen-bond acceptors (Lipinski definition) is 8. The molecule has 10 nitrogen and oxygen atoms in total. The van der Waals surface area contributed by atoms with E-state index in [2.05, 4.69) is 31.2 Å². The number of hydrogen-bond donors (Lipinski definition) is 4. The normalized spacial score (nSPS) is 14.4. The molecule has 2 amide bonds. The topological polar surface area (TPSA) is 126 Å². The van der Waals surface area contributed by atoms with Crippen molar-refractivity contribution in [3.63, 3.8) is 0 Å². The average molecular weight is 452 g/mol. The molecule has 1 atom stereocenters. The summed E-state index contributed by atoms with van der Waals surface area (Å²) in [6.45, 7) is 1.53. The van der Waals surface area contributed by atoms with E-state index in [9.17, 15) is 14.0 Å². The zero-order chi connectivity index (χ0) is 23.4. The first kappa shape index (κ1) is 21.8. The molecule has 170 valence electrons. The summed E-state index contributed by atoms with van der Waals surface area (Å²) < 4.78 is 25.3. The maximum Gasteiger partial charge on any atom is 0.265 e. The molecule has 4 rings (SSSR count). The number of carbonyl (C=O) groups is 2. The highest BCUT2D eigenvalue weighted by atomic mass is 19.1. The summed E-state index contributed by atoms with van der Waals surface area (Å²) in [6, 6.07) is 11.8. The predicted octanol–water partition coefficient (Wildman–Crippen LogP) is 2.95. The molecule has 1 aromatic heterocycles. The van der Waals surface area contributed by atoms with Gasteiger partial charge in [0.05, 0.1) is 11.9 Å². The maximum absolute atomic E-state index is 14.4. The van der Waals surface area contributed by atoms with Crippen molar-refractivity contribution in [2.75, 3.05) is 29.6 Å². The molecule has 0 saturated heterocycles. The monoisotopic (exact) mass is 452 g/mol. The smallest absolute Gasteiger partial charge is 0.265 e. The van der Waals surface area contributed by atoms with Crippen LogP contribution in [0.3, 0.4) is 0 Å². The molecule has 2 aromatic carbocycles. The van der Waals surface area contributed by atoms with Gasteiger partial charge >= 0.3 is 0 Å². The van der Waals surface area contributed by atoms with Crippen LogP contribution in [-0.4, -0.2) is 41.5 Å². The zero-order valence-corrected chi connectivity index (χ0v) is 17.8. The maximum atomic E-state index is 14.4. The summed E-state index contributed by atoms with van der Waals surface area (Å²) in [5, 5.41) is 11.1. The summed E-state index contributed by atoms with van der Waals surface area (Å²) in [5.74, 6) is -0.0976. The van der Waals surface area contributed by atoms with Crippen LogP contribution < -0.4 is 30.7 Å². The molecule has 0 spiro atoms. The summed E-state index contributed by atoms with van der Waals surface area (Å²) in [4.78, 5) is 31.3. The lowest BCUT2D eigenvalue weighted by atomic mass is 10.2. The second kappa shape index (κ2) is 9.39. The van der Waals surface area contributed by atoms with E-state index >= 15 is 0 Å². The van der Waals surface area contributed by atoms with Crippen LogP contribution in [0.2, 0.25) is 0 Å². The van der Waals surface area contributed by atoms with Gasteiger partial charge < -0.3 is 30.7 Å². The fourth-order valence-corrected chi connectivity index (χ4v) is 2.95. The number of benzene rings is 2. The Morgan fingerprint density at radius 3 is 2.85 bits per heavy atom. The van der Waals surface area contributed by atoms with Crippen molar-refractivity contribution in [1.82, 2.24) is 15.3 Å². The van der Waals surface area contributed by atoms with Crippen LogP contribution >= 0.6 is 0 Å². The molecular weight excluding hydrogens is 431 g/mol. The second-order valence-electron chi connectivity index (χ2n) is 7.09. The fraction of sp³-hybridized carbons (Fsp3) is 0.182. The van der Waals surface area contributed by atoms with E-state index in [4.69, 9.17) is 9.47 Å². The van der Waals surface area contributed by atoms with E-state index < -0.39 is 11.9 Å². The Hall–Kier alpha value is -4.41. The first-order valence-electron chi connectivity index (χ1n) is 10.0. The van der Waals surface area contributed by atoms with Gasteiger partial charge in [0.1, 0.15) is 11.5 Å². The molecule has 0 saturated carbocycles. The summed E-state index contributed by atoms with van der Waals surface area (Å²) in [5.41, 5.74) is 1.56. The average Bonchev–Trinajstić information content (AvgIpc) is 2.81. The number of anilines is 5. The molecule has 11 heteroatoms. The van der Waals surface area contributed by atoms with Gasteiger partial charge in [-0.15, -0.1) is 0 Å². The van der Waals surface area contributed by atoms with Gasteiger partial charge in [-0.25, -0.2) is 9.37 Å². The molecule has 0 unspecified atom stereocenters. The number of likely N-dealkylation sites (N-methyl/N-ethyl adjacent to an activating group) is 1. The lowest BCUT2D eigenvalue weighted by Gasteiger charge is -2.23. The largest absolute Gasteiger partial charge is 0.484 e. The predicted molar refractivity (Wildman–Crippen MR) is 120 cm³/mol. The van der Waals surface area contributed by atoms with Crippen molar-refractivity contribution < 1.29 is 23.5 Å². The van der Waals surface area contributed by atoms with Gasteiger partial charge in [0, 0.05) is 24.5 Å². The fourth-order valence-electron chi connectivity index (χ4n) is 2.95. The van der Waals surface area contributed by atoms with Crippen LogP contribution in [0.5, 0.6) is 11.5 Å². The van der Waals surface area contributed by atoms with Gasteiger partial charge in [-0.05, 0) is 37.3 Å². The summed E-state index contributed by atoms with van der Waals surface area (Å²) in [7, 11) is 1.52. The Bertz CT molecular complexity index is 1210. The van der Waals surface area contributed by atoms with E-state index in [0.717, 1.165) is 6.20 Å². The summed E-state index contributed by atoms with van der Waals surface area (Å²) in [6.07, 6.45) is 0.450. The molecule has 0 aliphatic carbocycles. The number of rotatable bonds is 7. The van der Waals surface area contributed by atoms with Gasteiger partial charge in [0.25, 0.3) is 11.8 Å². The number of carbonyl (C=O) groups excluding carboxylic acids is 2. The van der Waals surface area contributed by atoms with Crippen molar-refractivity contribution in [3.8, 4) is 11.5 Å². The minimum atomic E-state index is -0.658. The standard InChI is InChI=1S/C22H21FN6O4/c1-12-21(31)28-17-9-14(6-7-18(17)33-12)26-20-16(23)10-25-22(29-20)27-13-4-3-5-15(8-13)32-11-19(30)24-2/h3-10,12H,11H2,1-2H3,(H,24,30)(H,28,31)(H2,25,26,27,29)/t12-/m1/s1. The Kier molecular flexibility index (Phi) is 6.20. The molecule has 0 bridgehead atoms. The van der Waals surface area contributed by atoms with Crippen LogP contribution in [0.1, 0.15) is 6.92 Å². The molecule has 33 heavy (non-hydrogen) atoms. The molecular formula is C22H21FN6O4. The number of ether oxygens (including phenoxy) is 2. The van der Waals surface area contributed by atoms with Crippen molar-refractivity contribution in [2.45, 2.75) is 13.0 Å². The van der Waals surface area contributed by atoms with E-state index in [1.165, 1.54) is 7.05 Å². The van der Waals surface area contributed by atoms with E-state index in [1.54, 1.807) is 49.4 Å². The minimum absolute atomic E-state index is 0.0594. The quantitative estimate of drug-likeness (QED) is 0.431. The first-order chi connectivity index (χ1) is 15.9. The molecule has 1 aliphatic rings. The van der Waals surface area contributed by atoms with Crippen LogP contribution in [0.15, 0.2) is 48.7 Å². The highest BCUT2D eigenvalue weighted by Gasteiger charge is 2.23. The third-order valence-corrected chi connectivity index (χ3v) is 4.66. The van der Waals surface area contributed by atoms with Crippen molar-refractivity contribution in [3.05, 3.63) is 54.5 Å². The van der Waals surface area contributed by atoms with Crippen LogP contribution in [-0.2, 0) is 9.59 Å². The highest BCUT2D eigenvalue weighted by molar-refractivity contribution is 5.98. The second-order valence-corrected chi connectivity index (χ2v) is 7.09. The van der Waals surface area contributed by atoms with Crippen LogP contribution in [0.25, 0.3) is 0 Å². The zero-order valence-electron chi connectivity index (χ0n) is 17.8. The number of fused-ring (bicyclic) bond motifs is 1. The van der Waals surface area contributed by atoms with Gasteiger partial charge in [-0.3, -0.25) is 9.59 Å². The third kappa shape index (κ3) is 5.26. The van der Waals surface area contributed by atoms with Gasteiger partial charge in [0.2, 0.25) is 5.95 Å². The number of amides is 2. The lowest BCUT2D eigenvalue weighted by molar-refractivity contribution is -0.123. The number of aromatic nitrogens is 2. The first-order valence-corrected chi connectivity index (χ1v) is 10.0. The number of nitrogens with one attached hydrogen (secondary N) is 4. The Balaban J connectivity index is 1.48. The molecule has 4 N–H and O–H groups in total. The Labute approximate surface area is 188 Å². The van der Waals surface area contributed by atoms with Crippen molar-refractivity contribution in [1.29, 1.82) is 0 Å². The summed E-state index contributed by atoms with van der Waals surface area (Å²) >= 11 is 0. The van der Waals surface area contributed by atoms with Gasteiger partial charge in [-0.2, -0.15) is 4.98 Å². The van der Waals surface area contributed by atoms with Crippen molar-refractivity contribution >= 4 is 40.6 Å². The molecule has 0 fully saturated rings. The van der Waals surface area contributed by atoms with Crippen LogP contribution in [0, 0.1) is 5.82 Å². The highest BCUT2D eigenvalue weighted by Crippen LogP contribution is 2.33. The van der Waals surface area contributed by atoms with E-state index in [-0.39, 0.29) is 30.2 Å². The van der Waals surface area contributed by atoms with Crippen LogP contribution in [0.4, 0.5) is 33.2 Å². The lowest BCUT2D eigenvalue weighted by Crippen LogP contribution is -2.34. The SMILES string of the molecule is CNC(=O)COc1cccc(Nc2ncc(F)c(Nc3ccc4c(c3)NC(=O)[C@@H](C)O4)n2)c1. The number of halogens is 1. The minimum Gasteiger partial charge on any atom is -0.484 e. The third-order valence-electron chi connectivity index (χ3n) is 4.66.